The van der Waals surface area contributed by atoms with Crippen molar-refractivity contribution in [3.63, 3.8) is 0 Å². The Balaban J connectivity index is 2.81. The number of benzene rings is 1. The van der Waals surface area contributed by atoms with E-state index in [1.807, 2.05) is 0 Å². The quantitative estimate of drug-likeness (QED) is 0.850. The highest BCUT2D eigenvalue weighted by molar-refractivity contribution is 7.98. The molecule has 0 aliphatic heterocycles. The number of hydrogen-bond acceptors (Lipinski definition) is 2. The Hall–Kier alpha value is -0.470. The molecule has 1 nitrogen and oxygen atoms in total. The van der Waals surface area contributed by atoms with E-state index in [9.17, 15) is 0 Å². The van der Waals surface area contributed by atoms with Gasteiger partial charge in [-0.2, -0.15) is 11.8 Å². The average Bonchev–Trinajstić information content (AvgIpc) is 2.17. The van der Waals surface area contributed by atoms with Gasteiger partial charge in [-0.3, -0.25) is 0 Å². The summed E-state index contributed by atoms with van der Waals surface area (Å²) in [5, 5.41) is 0. The molecule has 1 aromatic carbocycles. The minimum Gasteiger partial charge on any atom is -0.323 e. The molecule has 84 valence electrons. The molecule has 1 rings (SSSR count). The van der Waals surface area contributed by atoms with Crippen LogP contribution in [0.5, 0.6) is 0 Å². The number of nitrogens with two attached hydrogens (primary N) is 1. The van der Waals surface area contributed by atoms with Gasteiger partial charge in [0.1, 0.15) is 0 Å². The number of thioether (sulfide) groups is 1. The van der Waals surface area contributed by atoms with E-state index in [0.717, 1.165) is 5.75 Å². The van der Waals surface area contributed by atoms with Crippen LogP contribution in [0.1, 0.15) is 37.9 Å². The molecule has 1 atom stereocenters. The van der Waals surface area contributed by atoms with E-state index >= 15 is 0 Å². The lowest BCUT2D eigenvalue weighted by Crippen LogP contribution is -2.14. The van der Waals surface area contributed by atoms with Crippen molar-refractivity contribution in [1.82, 2.24) is 0 Å². The zero-order valence-corrected chi connectivity index (χ0v) is 10.9. The fourth-order valence-corrected chi connectivity index (χ4v) is 2.06. The molecule has 0 fully saturated rings. The fraction of sp³-hybridized carbons (Fsp3) is 0.538. The summed E-state index contributed by atoms with van der Waals surface area (Å²) in [6, 6.07) is 8.85. The van der Waals surface area contributed by atoms with Crippen molar-refractivity contribution >= 4 is 11.8 Å². The van der Waals surface area contributed by atoms with Gasteiger partial charge in [0.05, 0.1) is 0 Å². The van der Waals surface area contributed by atoms with Gasteiger partial charge in [0.15, 0.2) is 0 Å². The Morgan fingerprint density at radius 2 is 1.73 bits per heavy atom. The third-order valence-electron chi connectivity index (χ3n) is 2.55. The predicted molar refractivity (Wildman–Crippen MR) is 70.5 cm³/mol. The molecular weight excluding hydrogens is 202 g/mol. The summed E-state index contributed by atoms with van der Waals surface area (Å²) in [7, 11) is 0. The molecule has 0 heterocycles. The summed E-state index contributed by atoms with van der Waals surface area (Å²) in [4.78, 5) is 0. The second kappa shape index (κ2) is 5.04. The maximum Gasteiger partial charge on any atom is 0.0386 e. The van der Waals surface area contributed by atoms with Gasteiger partial charge in [-0.25, -0.2) is 0 Å². The second-order valence-corrected chi connectivity index (χ2v) is 5.84. The average molecular weight is 223 g/mol. The molecule has 0 aliphatic carbocycles. The van der Waals surface area contributed by atoms with Crippen molar-refractivity contribution < 1.29 is 0 Å². The van der Waals surface area contributed by atoms with Gasteiger partial charge >= 0.3 is 0 Å². The summed E-state index contributed by atoms with van der Waals surface area (Å²) in [6.45, 7) is 6.68. The molecule has 0 saturated carbocycles. The Bertz CT molecular complexity index is 297. The number of hydrogen-bond donors (Lipinski definition) is 1. The van der Waals surface area contributed by atoms with E-state index in [-0.39, 0.29) is 11.5 Å². The van der Waals surface area contributed by atoms with Gasteiger partial charge < -0.3 is 5.73 Å². The normalized spacial score (nSPS) is 13.9. The van der Waals surface area contributed by atoms with Crippen LogP contribution in [0.25, 0.3) is 0 Å². The van der Waals surface area contributed by atoms with Crippen LogP contribution in [0.2, 0.25) is 0 Å². The SMILES string of the molecule is CSCC(N)c1ccc(C(C)(C)C)cc1. The van der Waals surface area contributed by atoms with E-state index < -0.39 is 0 Å². The first-order chi connectivity index (χ1) is 6.95. The van der Waals surface area contributed by atoms with E-state index in [1.54, 1.807) is 11.8 Å². The van der Waals surface area contributed by atoms with Crippen LogP contribution in [0.3, 0.4) is 0 Å². The van der Waals surface area contributed by atoms with Crippen molar-refractivity contribution in [2.75, 3.05) is 12.0 Å². The Morgan fingerprint density at radius 3 is 2.13 bits per heavy atom. The highest BCUT2D eigenvalue weighted by Gasteiger charge is 2.13. The Labute approximate surface area is 97.4 Å². The molecule has 1 unspecified atom stereocenters. The molecule has 2 heteroatoms. The van der Waals surface area contributed by atoms with Crippen molar-refractivity contribution in [2.45, 2.75) is 32.2 Å². The first-order valence-electron chi connectivity index (χ1n) is 5.30. The molecule has 1 aromatic rings. The smallest absolute Gasteiger partial charge is 0.0386 e. The standard InChI is InChI=1S/C13H21NS/c1-13(2,3)11-7-5-10(6-8-11)12(14)9-15-4/h5-8,12H,9,14H2,1-4H3. The summed E-state index contributed by atoms with van der Waals surface area (Å²) < 4.78 is 0. The van der Waals surface area contributed by atoms with Crippen molar-refractivity contribution in [1.29, 1.82) is 0 Å². The highest BCUT2D eigenvalue weighted by Crippen LogP contribution is 2.24. The maximum absolute atomic E-state index is 6.04. The molecule has 2 N–H and O–H groups in total. The van der Waals surface area contributed by atoms with Crippen LogP contribution in [0.4, 0.5) is 0 Å². The van der Waals surface area contributed by atoms with Crippen LogP contribution < -0.4 is 5.73 Å². The van der Waals surface area contributed by atoms with Crippen LogP contribution >= 0.6 is 11.8 Å². The number of rotatable bonds is 3. The summed E-state index contributed by atoms with van der Waals surface area (Å²) in [5.74, 6) is 0.981. The lowest BCUT2D eigenvalue weighted by atomic mass is 9.86. The molecule has 0 aromatic heterocycles. The summed E-state index contributed by atoms with van der Waals surface area (Å²) in [6.07, 6.45) is 2.09. The molecule has 0 bridgehead atoms. The fourth-order valence-electron chi connectivity index (χ4n) is 1.51. The van der Waals surface area contributed by atoms with Crippen molar-refractivity contribution in [3.8, 4) is 0 Å². The molecule has 15 heavy (non-hydrogen) atoms. The monoisotopic (exact) mass is 223 g/mol. The van der Waals surface area contributed by atoms with E-state index in [2.05, 4.69) is 51.3 Å². The van der Waals surface area contributed by atoms with Gasteiger partial charge in [0.2, 0.25) is 0 Å². The third kappa shape index (κ3) is 3.54. The largest absolute Gasteiger partial charge is 0.323 e. The molecule has 0 radical (unpaired) electrons. The van der Waals surface area contributed by atoms with Crippen LogP contribution in [0.15, 0.2) is 24.3 Å². The van der Waals surface area contributed by atoms with E-state index in [4.69, 9.17) is 5.73 Å². The van der Waals surface area contributed by atoms with Gasteiger partial charge in [-0.05, 0) is 22.8 Å². The molecule has 0 amide bonds. The second-order valence-electron chi connectivity index (χ2n) is 4.93. The topological polar surface area (TPSA) is 26.0 Å². The molecule has 0 saturated heterocycles. The minimum absolute atomic E-state index is 0.161. The van der Waals surface area contributed by atoms with E-state index in [0.29, 0.717) is 0 Å². The zero-order chi connectivity index (χ0) is 11.5. The lowest BCUT2D eigenvalue weighted by Gasteiger charge is -2.20. The van der Waals surface area contributed by atoms with Crippen LogP contribution in [-0.2, 0) is 5.41 Å². The lowest BCUT2D eigenvalue weighted by molar-refractivity contribution is 0.589. The van der Waals surface area contributed by atoms with E-state index in [1.165, 1.54) is 11.1 Å². The summed E-state index contributed by atoms with van der Waals surface area (Å²) in [5.41, 5.74) is 8.87. The molecular formula is C13H21NS. The van der Waals surface area contributed by atoms with Gasteiger partial charge in [-0.15, -0.1) is 0 Å². The van der Waals surface area contributed by atoms with Crippen LogP contribution in [0, 0.1) is 0 Å². The zero-order valence-electron chi connectivity index (χ0n) is 10.1. The van der Waals surface area contributed by atoms with Gasteiger partial charge in [0.25, 0.3) is 0 Å². The van der Waals surface area contributed by atoms with Crippen molar-refractivity contribution in [2.24, 2.45) is 5.73 Å². The first-order valence-corrected chi connectivity index (χ1v) is 6.69. The van der Waals surface area contributed by atoms with Gasteiger partial charge in [-0.1, -0.05) is 45.0 Å². The first kappa shape index (κ1) is 12.6. The Kier molecular flexibility index (Phi) is 4.23. The predicted octanol–water partition coefficient (Wildman–Crippen LogP) is 3.35. The Morgan fingerprint density at radius 1 is 1.20 bits per heavy atom. The van der Waals surface area contributed by atoms with Crippen LogP contribution in [-0.4, -0.2) is 12.0 Å². The summed E-state index contributed by atoms with van der Waals surface area (Å²) >= 11 is 1.79. The maximum atomic E-state index is 6.04. The van der Waals surface area contributed by atoms with Gasteiger partial charge in [0, 0.05) is 11.8 Å². The minimum atomic E-state index is 0.161. The molecule has 0 aliphatic rings. The highest BCUT2D eigenvalue weighted by atomic mass is 32.2. The third-order valence-corrected chi connectivity index (χ3v) is 3.24. The van der Waals surface area contributed by atoms with Crippen molar-refractivity contribution in [3.05, 3.63) is 35.4 Å². The molecule has 0 spiro atoms.